The van der Waals surface area contributed by atoms with Crippen molar-refractivity contribution in [3.8, 4) is 0 Å². The topological polar surface area (TPSA) is 97.1 Å². The van der Waals surface area contributed by atoms with Gasteiger partial charge in [0.2, 0.25) is 11.8 Å². The second-order valence-electron chi connectivity index (χ2n) is 6.86. The lowest BCUT2D eigenvalue weighted by atomic mass is 9.84. The van der Waals surface area contributed by atoms with Crippen LogP contribution in [0.1, 0.15) is 57.8 Å². The van der Waals surface area contributed by atoms with Crippen molar-refractivity contribution in [1.82, 2.24) is 10.3 Å². The van der Waals surface area contributed by atoms with Crippen molar-refractivity contribution < 1.29 is 9.59 Å². The lowest BCUT2D eigenvalue weighted by molar-refractivity contribution is -0.127. The molecular weight excluding hydrogens is 316 g/mol. The van der Waals surface area contributed by atoms with E-state index < -0.39 is 11.9 Å². The summed E-state index contributed by atoms with van der Waals surface area (Å²) < 4.78 is 0. The Hall–Kier alpha value is -2.11. The number of nitrogens with zero attached hydrogens (tertiary/aromatic N) is 1. The summed E-state index contributed by atoms with van der Waals surface area (Å²) >= 11 is 0. The standard InChI is InChI=1S/C19H30N4O2/c20-19(25)16(14-15-8-2-1-3-9-15)23-18(24)11-5-7-13-22-17-10-4-6-12-21-17/h4,6,10,12,15-16H,1-3,5,7-9,11,13-14H2,(H2,20,25)(H,21,22)(H,23,24)/t16-/m0/s1. The molecule has 6 heteroatoms. The van der Waals surface area contributed by atoms with E-state index in [0.29, 0.717) is 18.8 Å². The summed E-state index contributed by atoms with van der Waals surface area (Å²) in [6.45, 7) is 0.769. The maximum Gasteiger partial charge on any atom is 0.240 e. The quantitative estimate of drug-likeness (QED) is 0.567. The number of amides is 2. The molecule has 0 bridgehead atoms. The summed E-state index contributed by atoms with van der Waals surface area (Å²) in [5.74, 6) is 0.843. The lowest BCUT2D eigenvalue weighted by Gasteiger charge is -2.25. The number of hydrogen-bond acceptors (Lipinski definition) is 4. The maximum absolute atomic E-state index is 12.1. The number of anilines is 1. The molecule has 1 atom stereocenters. The van der Waals surface area contributed by atoms with Gasteiger partial charge in [0.05, 0.1) is 0 Å². The van der Waals surface area contributed by atoms with Crippen molar-refractivity contribution in [2.24, 2.45) is 11.7 Å². The number of aromatic nitrogens is 1. The van der Waals surface area contributed by atoms with Crippen molar-refractivity contribution in [1.29, 1.82) is 0 Å². The largest absolute Gasteiger partial charge is 0.370 e. The molecule has 138 valence electrons. The van der Waals surface area contributed by atoms with Crippen LogP contribution in [0, 0.1) is 5.92 Å². The molecule has 1 heterocycles. The van der Waals surface area contributed by atoms with Crippen LogP contribution >= 0.6 is 0 Å². The number of carbonyl (C=O) groups excluding carboxylic acids is 2. The molecule has 0 aromatic carbocycles. The van der Waals surface area contributed by atoms with Crippen LogP contribution in [0.15, 0.2) is 24.4 Å². The monoisotopic (exact) mass is 346 g/mol. The summed E-state index contributed by atoms with van der Waals surface area (Å²) in [6, 6.07) is 5.19. The van der Waals surface area contributed by atoms with Gasteiger partial charge in [0.1, 0.15) is 11.9 Å². The number of hydrogen-bond donors (Lipinski definition) is 3. The summed E-state index contributed by atoms with van der Waals surface area (Å²) in [6.07, 6.45) is 10.5. The highest BCUT2D eigenvalue weighted by atomic mass is 16.2. The molecule has 2 amide bonds. The highest BCUT2D eigenvalue weighted by Gasteiger charge is 2.23. The highest BCUT2D eigenvalue weighted by molar-refractivity contribution is 5.86. The SMILES string of the molecule is NC(=O)[C@H](CC1CCCCC1)NC(=O)CCCCNc1ccccn1. The molecule has 1 saturated carbocycles. The van der Waals surface area contributed by atoms with Gasteiger partial charge >= 0.3 is 0 Å². The van der Waals surface area contributed by atoms with Crippen molar-refractivity contribution >= 4 is 17.6 Å². The number of carbonyl (C=O) groups is 2. The van der Waals surface area contributed by atoms with Gasteiger partial charge in [-0.15, -0.1) is 0 Å². The first-order valence-electron chi connectivity index (χ1n) is 9.38. The molecule has 0 spiro atoms. The van der Waals surface area contributed by atoms with Gasteiger partial charge in [-0.3, -0.25) is 9.59 Å². The number of primary amides is 1. The van der Waals surface area contributed by atoms with E-state index in [9.17, 15) is 9.59 Å². The third-order valence-corrected chi connectivity index (χ3v) is 4.77. The Bertz CT molecular complexity index is 529. The van der Waals surface area contributed by atoms with Gasteiger partial charge in [-0.2, -0.15) is 0 Å². The van der Waals surface area contributed by atoms with Crippen LogP contribution in [0.3, 0.4) is 0 Å². The second kappa shape index (κ2) is 10.7. The molecule has 1 fully saturated rings. The molecule has 4 N–H and O–H groups in total. The Morgan fingerprint density at radius 3 is 2.68 bits per heavy atom. The minimum absolute atomic E-state index is 0.0857. The van der Waals surface area contributed by atoms with E-state index in [4.69, 9.17) is 5.73 Å². The van der Waals surface area contributed by atoms with Gasteiger partial charge in [-0.25, -0.2) is 4.98 Å². The minimum atomic E-state index is -0.526. The molecule has 1 aromatic heterocycles. The zero-order chi connectivity index (χ0) is 17.9. The Labute approximate surface area is 150 Å². The first kappa shape index (κ1) is 19.2. The smallest absolute Gasteiger partial charge is 0.240 e. The minimum Gasteiger partial charge on any atom is -0.370 e. The molecule has 0 aliphatic heterocycles. The molecule has 6 nitrogen and oxygen atoms in total. The van der Waals surface area contributed by atoms with Gasteiger partial charge in [-0.1, -0.05) is 38.2 Å². The predicted molar refractivity (Wildman–Crippen MR) is 98.9 cm³/mol. The fourth-order valence-electron chi connectivity index (χ4n) is 3.36. The van der Waals surface area contributed by atoms with Crippen LogP contribution in [0.25, 0.3) is 0 Å². The van der Waals surface area contributed by atoms with Crippen molar-refractivity contribution in [3.05, 3.63) is 24.4 Å². The van der Waals surface area contributed by atoms with Crippen molar-refractivity contribution in [2.45, 2.75) is 63.8 Å². The van der Waals surface area contributed by atoms with E-state index in [0.717, 1.165) is 38.0 Å². The van der Waals surface area contributed by atoms with Gasteiger partial charge < -0.3 is 16.4 Å². The summed E-state index contributed by atoms with van der Waals surface area (Å²) in [5.41, 5.74) is 5.47. The van der Waals surface area contributed by atoms with E-state index >= 15 is 0 Å². The highest BCUT2D eigenvalue weighted by Crippen LogP contribution is 2.27. The first-order chi connectivity index (χ1) is 12.1. The fourth-order valence-corrected chi connectivity index (χ4v) is 3.36. The number of unbranched alkanes of at least 4 members (excludes halogenated alkanes) is 1. The molecular formula is C19H30N4O2. The third-order valence-electron chi connectivity index (χ3n) is 4.77. The van der Waals surface area contributed by atoms with E-state index in [1.807, 2.05) is 18.2 Å². The van der Waals surface area contributed by atoms with Crippen molar-refractivity contribution in [2.75, 3.05) is 11.9 Å². The Kier molecular flexibility index (Phi) is 8.22. The fraction of sp³-hybridized carbons (Fsp3) is 0.632. The molecule has 1 aliphatic rings. The average Bonchev–Trinajstić information content (AvgIpc) is 2.62. The average molecular weight is 346 g/mol. The van der Waals surface area contributed by atoms with Gasteiger partial charge in [0.15, 0.2) is 0 Å². The van der Waals surface area contributed by atoms with E-state index in [1.165, 1.54) is 19.3 Å². The second-order valence-corrected chi connectivity index (χ2v) is 6.86. The maximum atomic E-state index is 12.1. The van der Waals surface area contributed by atoms with Gasteiger partial charge in [-0.05, 0) is 37.3 Å². The number of rotatable bonds is 10. The van der Waals surface area contributed by atoms with E-state index in [2.05, 4.69) is 15.6 Å². The summed E-state index contributed by atoms with van der Waals surface area (Å²) in [7, 11) is 0. The Morgan fingerprint density at radius 2 is 2.00 bits per heavy atom. The molecule has 1 aliphatic carbocycles. The summed E-state index contributed by atoms with van der Waals surface area (Å²) in [5, 5.41) is 6.04. The van der Waals surface area contributed by atoms with Crippen LogP contribution in [-0.4, -0.2) is 29.4 Å². The number of nitrogens with two attached hydrogens (primary N) is 1. The normalized spacial score (nSPS) is 16.2. The lowest BCUT2D eigenvalue weighted by Crippen LogP contribution is -2.45. The molecule has 2 rings (SSSR count). The molecule has 25 heavy (non-hydrogen) atoms. The van der Waals surface area contributed by atoms with E-state index in [1.54, 1.807) is 6.20 Å². The zero-order valence-corrected chi connectivity index (χ0v) is 14.9. The molecule has 0 unspecified atom stereocenters. The van der Waals surface area contributed by atoms with Crippen molar-refractivity contribution in [3.63, 3.8) is 0 Å². The third kappa shape index (κ3) is 7.54. The molecule has 0 radical (unpaired) electrons. The van der Waals surface area contributed by atoms with Crippen LogP contribution in [0.4, 0.5) is 5.82 Å². The summed E-state index contributed by atoms with van der Waals surface area (Å²) in [4.78, 5) is 27.9. The molecule has 1 aromatic rings. The Morgan fingerprint density at radius 1 is 1.20 bits per heavy atom. The van der Waals surface area contributed by atoms with Crippen LogP contribution in [0.2, 0.25) is 0 Å². The predicted octanol–water partition coefficient (Wildman–Crippen LogP) is 2.60. The first-order valence-corrected chi connectivity index (χ1v) is 9.38. The van der Waals surface area contributed by atoms with Crippen LogP contribution in [0.5, 0.6) is 0 Å². The van der Waals surface area contributed by atoms with Crippen LogP contribution in [-0.2, 0) is 9.59 Å². The van der Waals surface area contributed by atoms with Crippen LogP contribution < -0.4 is 16.4 Å². The van der Waals surface area contributed by atoms with Gasteiger partial charge in [0, 0.05) is 19.2 Å². The Balaban J connectivity index is 1.62. The van der Waals surface area contributed by atoms with Gasteiger partial charge in [0.25, 0.3) is 0 Å². The number of nitrogens with one attached hydrogen (secondary N) is 2. The van der Waals surface area contributed by atoms with E-state index in [-0.39, 0.29) is 5.91 Å². The number of pyridine rings is 1. The molecule has 0 saturated heterocycles. The zero-order valence-electron chi connectivity index (χ0n) is 14.9.